The van der Waals surface area contributed by atoms with Gasteiger partial charge in [0.1, 0.15) is 7.14 Å². The van der Waals surface area contributed by atoms with Crippen molar-refractivity contribution in [3.8, 4) is 0 Å². The number of nitrogens with one attached hydrogen (secondary N) is 2. The number of halogens is 1. The topological polar surface area (TPSA) is 84.0 Å². The van der Waals surface area contributed by atoms with Gasteiger partial charge in [-0.15, -0.1) is 10.2 Å². The van der Waals surface area contributed by atoms with Crippen LogP contribution in [0.25, 0.3) is 0 Å². The number of rotatable bonds is 4. The van der Waals surface area contributed by atoms with E-state index in [4.69, 9.17) is 11.6 Å². The third-order valence-electron chi connectivity index (χ3n) is 2.96. The van der Waals surface area contributed by atoms with Crippen LogP contribution in [0.15, 0.2) is 30.3 Å². The maximum atomic E-state index is 12.4. The van der Waals surface area contributed by atoms with Crippen molar-refractivity contribution in [1.82, 2.24) is 15.5 Å². The van der Waals surface area contributed by atoms with Gasteiger partial charge >= 0.3 is 0 Å². The van der Waals surface area contributed by atoms with E-state index < -0.39 is 7.14 Å². The molecule has 1 aromatic heterocycles. The van der Waals surface area contributed by atoms with Crippen molar-refractivity contribution >= 4 is 41.3 Å². The number of benzene rings is 1. The molecule has 0 saturated carbocycles. The third kappa shape index (κ3) is 3.64. The summed E-state index contributed by atoms with van der Waals surface area (Å²) in [5.74, 6) is -0.389. The number of hydrogen-bond acceptors (Lipinski definition) is 5. The van der Waals surface area contributed by atoms with Gasteiger partial charge in [-0.05, 0) is 25.5 Å². The van der Waals surface area contributed by atoms with E-state index in [1.165, 1.54) is 13.1 Å². The van der Waals surface area contributed by atoms with Gasteiger partial charge in [0.25, 0.3) is 5.91 Å². The molecule has 0 aliphatic carbocycles. The lowest BCUT2D eigenvalue weighted by Crippen LogP contribution is -2.22. The van der Waals surface area contributed by atoms with Gasteiger partial charge in [0.2, 0.25) is 0 Å². The Balaban J connectivity index is 2.50. The first-order valence-corrected chi connectivity index (χ1v) is 9.47. The zero-order chi connectivity index (χ0) is 16.3. The first-order valence-electron chi connectivity index (χ1n) is 6.50. The average molecular weight is 339 g/mol. The number of carbonyl (C=O) groups excluding carboxylic acids is 1. The van der Waals surface area contributed by atoms with Gasteiger partial charge in [0, 0.05) is 24.1 Å². The zero-order valence-electron chi connectivity index (χ0n) is 12.4. The van der Waals surface area contributed by atoms with Gasteiger partial charge in [-0.1, -0.05) is 23.7 Å². The van der Waals surface area contributed by atoms with Crippen molar-refractivity contribution in [2.45, 2.75) is 0 Å². The Morgan fingerprint density at radius 3 is 2.50 bits per heavy atom. The molecule has 22 heavy (non-hydrogen) atoms. The number of anilines is 2. The highest BCUT2D eigenvalue weighted by Crippen LogP contribution is 2.38. The molecule has 1 heterocycles. The largest absolute Gasteiger partial charge is 0.354 e. The van der Waals surface area contributed by atoms with Crippen molar-refractivity contribution in [3.05, 3.63) is 41.2 Å². The Hall–Kier alpha value is -1.91. The highest BCUT2D eigenvalue weighted by atomic mass is 35.5. The van der Waals surface area contributed by atoms with Crippen molar-refractivity contribution in [2.24, 2.45) is 0 Å². The van der Waals surface area contributed by atoms with Crippen LogP contribution in [-0.2, 0) is 4.57 Å². The number of carbonyl (C=O) groups is 1. The molecule has 0 bridgehead atoms. The molecule has 0 spiro atoms. The van der Waals surface area contributed by atoms with Gasteiger partial charge in [0.15, 0.2) is 10.8 Å². The molecular weight excluding hydrogens is 323 g/mol. The maximum Gasteiger partial charge on any atom is 0.273 e. The predicted molar refractivity (Wildman–Crippen MR) is 89.2 cm³/mol. The van der Waals surface area contributed by atoms with E-state index >= 15 is 0 Å². The first-order chi connectivity index (χ1) is 10.3. The summed E-state index contributed by atoms with van der Waals surface area (Å²) in [6, 6.07) is 8.72. The molecule has 2 N–H and O–H groups in total. The lowest BCUT2D eigenvalue weighted by atomic mass is 10.2. The molecule has 0 aliphatic rings. The van der Waals surface area contributed by atoms with E-state index in [1.54, 1.807) is 25.5 Å². The van der Waals surface area contributed by atoms with Crippen LogP contribution < -0.4 is 15.9 Å². The highest BCUT2D eigenvalue weighted by molar-refractivity contribution is 7.70. The van der Waals surface area contributed by atoms with Crippen LogP contribution in [0.2, 0.25) is 5.15 Å². The van der Waals surface area contributed by atoms with E-state index in [1.807, 2.05) is 12.1 Å². The normalized spacial score (nSPS) is 11.1. The standard InChI is InChI=1S/C14H16ClN4O2P/c1-16-14(20)13-10(8-12(15)18-19-13)17-9-6-4-5-7-11(9)22(2,3)21/h4-8H,1-3H3,(H,16,20)(H,17,18). The molecule has 0 saturated heterocycles. The summed E-state index contributed by atoms with van der Waals surface area (Å²) in [5.41, 5.74) is 1.16. The number of aromatic nitrogens is 2. The first kappa shape index (κ1) is 16.5. The van der Waals surface area contributed by atoms with Crippen LogP contribution in [0.3, 0.4) is 0 Å². The molecule has 0 fully saturated rings. The van der Waals surface area contributed by atoms with E-state index in [0.29, 0.717) is 16.7 Å². The second-order valence-corrected chi connectivity index (χ2v) is 8.57. The van der Waals surface area contributed by atoms with Gasteiger partial charge in [0.05, 0.1) is 5.69 Å². The summed E-state index contributed by atoms with van der Waals surface area (Å²) in [5, 5.41) is 13.9. The molecule has 0 aliphatic heterocycles. The van der Waals surface area contributed by atoms with Crippen LogP contribution in [0, 0.1) is 0 Å². The summed E-state index contributed by atoms with van der Waals surface area (Å²) >= 11 is 5.86. The zero-order valence-corrected chi connectivity index (χ0v) is 14.1. The lowest BCUT2D eigenvalue weighted by Gasteiger charge is -2.16. The minimum absolute atomic E-state index is 0.115. The van der Waals surface area contributed by atoms with E-state index in [0.717, 1.165) is 0 Å². The predicted octanol–water partition coefficient (Wildman–Crippen LogP) is 2.48. The summed E-state index contributed by atoms with van der Waals surface area (Å²) in [7, 11) is -0.980. The molecule has 1 amide bonds. The number of hydrogen-bond donors (Lipinski definition) is 2. The van der Waals surface area contributed by atoms with Gasteiger partial charge < -0.3 is 15.2 Å². The van der Waals surface area contributed by atoms with E-state index in [-0.39, 0.29) is 16.8 Å². The summed E-state index contributed by atoms with van der Waals surface area (Å²) in [6.45, 7) is 3.37. The molecule has 0 radical (unpaired) electrons. The average Bonchev–Trinajstić information content (AvgIpc) is 2.46. The fourth-order valence-electron chi connectivity index (χ4n) is 1.94. The van der Waals surface area contributed by atoms with E-state index in [9.17, 15) is 9.36 Å². The molecule has 8 heteroatoms. The minimum Gasteiger partial charge on any atom is -0.354 e. The Kier molecular flexibility index (Phi) is 4.84. The quantitative estimate of drug-likeness (QED) is 0.837. The SMILES string of the molecule is CNC(=O)c1nnc(Cl)cc1Nc1ccccc1P(C)(C)=O. The molecule has 116 valence electrons. The van der Waals surface area contributed by atoms with Crippen molar-refractivity contribution < 1.29 is 9.36 Å². The Morgan fingerprint density at radius 2 is 1.86 bits per heavy atom. The second kappa shape index (κ2) is 6.46. The van der Waals surface area contributed by atoms with Crippen molar-refractivity contribution in [1.29, 1.82) is 0 Å². The molecule has 1 aromatic carbocycles. The summed E-state index contributed by atoms with van der Waals surface area (Å²) in [6.07, 6.45) is 0. The summed E-state index contributed by atoms with van der Waals surface area (Å²) < 4.78 is 12.4. The van der Waals surface area contributed by atoms with Crippen LogP contribution in [0.4, 0.5) is 11.4 Å². The van der Waals surface area contributed by atoms with Crippen LogP contribution in [-0.4, -0.2) is 36.5 Å². The van der Waals surface area contributed by atoms with Gasteiger partial charge in [-0.2, -0.15) is 0 Å². The Labute approximate surface area is 133 Å². The van der Waals surface area contributed by atoms with Crippen LogP contribution >= 0.6 is 18.7 Å². The molecular formula is C14H16ClN4O2P. The Bertz CT molecular complexity index is 760. The fraction of sp³-hybridized carbons (Fsp3) is 0.214. The second-order valence-electron chi connectivity index (χ2n) is 5.00. The monoisotopic (exact) mass is 338 g/mol. The number of para-hydroxylation sites is 1. The fourth-order valence-corrected chi connectivity index (χ4v) is 3.25. The summed E-state index contributed by atoms with van der Waals surface area (Å²) in [4.78, 5) is 11.9. The third-order valence-corrected chi connectivity index (χ3v) is 4.69. The number of amides is 1. The molecule has 2 rings (SSSR count). The maximum absolute atomic E-state index is 12.4. The number of nitrogens with zero attached hydrogens (tertiary/aromatic N) is 2. The van der Waals surface area contributed by atoms with Crippen LogP contribution in [0.1, 0.15) is 10.5 Å². The van der Waals surface area contributed by atoms with Crippen molar-refractivity contribution in [3.63, 3.8) is 0 Å². The molecule has 2 aromatic rings. The van der Waals surface area contributed by atoms with E-state index in [2.05, 4.69) is 20.8 Å². The van der Waals surface area contributed by atoms with Gasteiger partial charge in [-0.25, -0.2) is 0 Å². The molecule has 0 atom stereocenters. The highest BCUT2D eigenvalue weighted by Gasteiger charge is 2.19. The smallest absolute Gasteiger partial charge is 0.273 e. The van der Waals surface area contributed by atoms with Crippen LogP contribution in [0.5, 0.6) is 0 Å². The van der Waals surface area contributed by atoms with Crippen molar-refractivity contribution in [2.75, 3.05) is 25.7 Å². The minimum atomic E-state index is -2.48. The Morgan fingerprint density at radius 1 is 1.18 bits per heavy atom. The molecule has 6 nitrogen and oxygen atoms in total. The molecule has 0 unspecified atom stereocenters. The lowest BCUT2D eigenvalue weighted by molar-refractivity contribution is 0.0958. The van der Waals surface area contributed by atoms with Gasteiger partial charge in [-0.3, -0.25) is 4.79 Å².